The van der Waals surface area contributed by atoms with Gasteiger partial charge in [0.2, 0.25) is 16.0 Å². The third-order valence-corrected chi connectivity index (χ3v) is 4.36. The molecule has 0 saturated heterocycles. The molecule has 10 heteroatoms. The Labute approximate surface area is 159 Å². The first kappa shape index (κ1) is 18.5. The Balaban J connectivity index is 1.70. The second-order valence-electron chi connectivity index (χ2n) is 5.21. The van der Waals surface area contributed by atoms with Gasteiger partial charge in [-0.05, 0) is 24.3 Å². The number of hydrogen-bond donors (Lipinski definition) is 2. The lowest BCUT2D eigenvalue weighted by Crippen LogP contribution is -2.12. The van der Waals surface area contributed by atoms with Gasteiger partial charge in [0.15, 0.2) is 11.5 Å². The molecule has 3 rings (SSSR count). The largest absolute Gasteiger partial charge is 0.493 e. The molecule has 0 spiro atoms. The van der Waals surface area contributed by atoms with E-state index in [1.807, 2.05) is 6.07 Å². The molecule has 0 fully saturated rings. The summed E-state index contributed by atoms with van der Waals surface area (Å²) in [5.41, 5.74) is 0.338. The van der Waals surface area contributed by atoms with E-state index in [1.54, 1.807) is 24.5 Å². The van der Waals surface area contributed by atoms with Gasteiger partial charge in [-0.25, -0.2) is 0 Å². The van der Waals surface area contributed by atoms with Crippen LogP contribution in [0.2, 0.25) is 0 Å². The molecule has 3 aromatic rings. The number of carbonyl (C=O) groups excluding carboxylic acids is 1. The fraction of sp³-hybridized carbons (Fsp3) is 0.235. The lowest BCUT2D eigenvalue weighted by molar-refractivity contribution is 0.102. The summed E-state index contributed by atoms with van der Waals surface area (Å²) in [7, 11) is 4.47. The summed E-state index contributed by atoms with van der Waals surface area (Å²) in [6.45, 7) is 0.475. The smallest absolute Gasteiger partial charge is 0.257 e. The molecule has 0 atom stereocenters. The van der Waals surface area contributed by atoms with Gasteiger partial charge < -0.3 is 23.9 Å². The first-order chi connectivity index (χ1) is 13.1. The molecule has 1 aromatic carbocycles. The van der Waals surface area contributed by atoms with Crippen LogP contribution in [0.5, 0.6) is 17.2 Å². The standard InChI is InChI=1S/C17H18N4O5S/c1-23-12-7-10(8-13(24-2)14(12)25-3)15(22)19-17-21-20-16(27-17)18-9-11-5-4-6-26-11/h4-8H,9H2,1-3H3,(H,18,20)(H,19,21,22). The van der Waals surface area contributed by atoms with Crippen LogP contribution in [-0.2, 0) is 6.54 Å². The third-order valence-electron chi connectivity index (χ3n) is 3.57. The zero-order valence-electron chi connectivity index (χ0n) is 14.9. The molecule has 142 valence electrons. The van der Waals surface area contributed by atoms with Crippen LogP contribution in [0, 0.1) is 0 Å². The molecule has 0 bridgehead atoms. The molecule has 2 aromatic heterocycles. The second kappa shape index (κ2) is 8.41. The SMILES string of the molecule is COc1cc(C(=O)Nc2nnc(NCc3ccco3)s2)cc(OC)c1OC. The van der Waals surface area contributed by atoms with E-state index in [1.165, 1.54) is 32.7 Å². The number of aromatic nitrogens is 2. The number of methoxy groups -OCH3 is 3. The number of benzene rings is 1. The van der Waals surface area contributed by atoms with Gasteiger partial charge in [0, 0.05) is 5.56 Å². The van der Waals surface area contributed by atoms with Gasteiger partial charge in [0.05, 0.1) is 34.1 Å². The van der Waals surface area contributed by atoms with Gasteiger partial charge in [-0.1, -0.05) is 11.3 Å². The number of rotatable bonds is 8. The molecule has 0 unspecified atom stereocenters. The van der Waals surface area contributed by atoms with Crippen LogP contribution in [-0.4, -0.2) is 37.4 Å². The van der Waals surface area contributed by atoms with Crippen molar-refractivity contribution in [1.82, 2.24) is 10.2 Å². The Bertz CT molecular complexity index is 885. The monoisotopic (exact) mass is 390 g/mol. The molecule has 2 N–H and O–H groups in total. The van der Waals surface area contributed by atoms with Gasteiger partial charge in [-0.2, -0.15) is 0 Å². The highest BCUT2D eigenvalue weighted by molar-refractivity contribution is 7.19. The van der Waals surface area contributed by atoms with E-state index in [0.717, 1.165) is 5.76 Å². The minimum atomic E-state index is -0.372. The average molecular weight is 390 g/mol. The first-order valence-corrected chi connectivity index (χ1v) is 8.67. The molecule has 0 radical (unpaired) electrons. The normalized spacial score (nSPS) is 10.3. The van der Waals surface area contributed by atoms with Gasteiger partial charge in [-0.15, -0.1) is 10.2 Å². The zero-order chi connectivity index (χ0) is 19.2. The van der Waals surface area contributed by atoms with Crippen LogP contribution >= 0.6 is 11.3 Å². The van der Waals surface area contributed by atoms with Gasteiger partial charge >= 0.3 is 0 Å². The highest BCUT2D eigenvalue weighted by Gasteiger charge is 2.18. The van der Waals surface area contributed by atoms with Crippen LogP contribution in [0.3, 0.4) is 0 Å². The van der Waals surface area contributed by atoms with E-state index in [4.69, 9.17) is 18.6 Å². The van der Waals surface area contributed by atoms with Crippen molar-refractivity contribution >= 4 is 27.5 Å². The van der Waals surface area contributed by atoms with Crippen LogP contribution in [0.15, 0.2) is 34.9 Å². The van der Waals surface area contributed by atoms with E-state index in [9.17, 15) is 4.79 Å². The summed E-state index contributed by atoms with van der Waals surface area (Å²) < 4.78 is 21.0. The molecule has 0 aliphatic heterocycles. The van der Waals surface area contributed by atoms with Gasteiger partial charge in [0.1, 0.15) is 5.76 Å². The fourth-order valence-electron chi connectivity index (χ4n) is 2.30. The molecule has 0 saturated carbocycles. The highest BCUT2D eigenvalue weighted by atomic mass is 32.1. The van der Waals surface area contributed by atoms with Gasteiger partial charge in [0.25, 0.3) is 5.91 Å². The van der Waals surface area contributed by atoms with Crippen LogP contribution in [0.25, 0.3) is 0 Å². The van der Waals surface area contributed by atoms with Crippen molar-refractivity contribution in [3.63, 3.8) is 0 Å². The predicted molar refractivity (Wildman–Crippen MR) is 100.0 cm³/mol. The lowest BCUT2D eigenvalue weighted by atomic mass is 10.1. The first-order valence-electron chi connectivity index (χ1n) is 7.85. The predicted octanol–water partition coefficient (Wildman–Crippen LogP) is 3.02. The quantitative estimate of drug-likeness (QED) is 0.604. The number of carbonyl (C=O) groups is 1. The number of furan rings is 1. The Hall–Kier alpha value is -3.27. The van der Waals surface area contributed by atoms with Crippen LogP contribution in [0.4, 0.5) is 10.3 Å². The van der Waals surface area contributed by atoms with E-state index >= 15 is 0 Å². The topological polar surface area (TPSA) is 108 Å². The molecule has 0 aliphatic rings. The summed E-state index contributed by atoms with van der Waals surface area (Å²) in [6.07, 6.45) is 1.60. The lowest BCUT2D eigenvalue weighted by Gasteiger charge is -2.13. The van der Waals surface area contributed by atoms with Crippen molar-refractivity contribution in [2.45, 2.75) is 6.54 Å². The summed E-state index contributed by atoms with van der Waals surface area (Å²) in [4.78, 5) is 12.5. The third kappa shape index (κ3) is 4.29. The van der Waals surface area contributed by atoms with Crippen LogP contribution in [0.1, 0.15) is 16.1 Å². The molecule has 9 nitrogen and oxygen atoms in total. The number of nitrogens with zero attached hydrogens (tertiary/aromatic N) is 2. The molecule has 1 amide bonds. The maximum Gasteiger partial charge on any atom is 0.257 e. The van der Waals surface area contributed by atoms with E-state index < -0.39 is 0 Å². The van der Waals surface area contributed by atoms with Crippen molar-refractivity contribution in [1.29, 1.82) is 0 Å². The number of ether oxygens (including phenoxy) is 3. The number of nitrogens with one attached hydrogen (secondary N) is 2. The zero-order valence-corrected chi connectivity index (χ0v) is 15.8. The number of hydrogen-bond acceptors (Lipinski definition) is 9. The molecular weight excluding hydrogens is 372 g/mol. The Morgan fingerprint density at radius 2 is 1.81 bits per heavy atom. The Kier molecular flexibility index (Phi) is 5.77. The second-order valence-corrected chi connectivity index (χ2v) is 6.19. The summed E-state index contributed by atoms with van der Waals surface area (Å²) >= 11 is 1.21. The summed E-state index contributed by atoms with van der Waals surface area (Å²) in [6, 6.07) is 6.78. The average Bonchev–Trinajstić information content (AvgIpc) is 3.36. The molecule has 0 aliphatic carbocycles. The Morgan fingerprint density at radius 1 is 1.11 bits per heavy atom. The summed E-state index contributed by atoms with van der Waals surface area (Å²) in [5.74, 6) is 1.59. The van der Waals surface area contributed by atoms with E-state index in [-0.39, 0.29) is 5.91 Å². The Morgan fingerprint density at radius 3 is 2.41 bits per heavy atom. The van der Waals surface area contributed by atoms with Gasteiger partial charge in [-0.3, -0.25) is 10.1 Å². The maximum absolute atomic E-state index is 12.5. The number of anilines is 2. The van der Waals surface area contributed by atoms with Crippen molar-refractivity contribution in [2.24, 2.45) is 0 Å². The van der Waals surface area contributed by atoms with E-state index in [0.29, 0.717) is 39.6 Å². The minimum Gasteiger partial charge on any atom is -0.493 e. The van der Waals surface area contributed by atoms with Crippen molar-refractivity contribution < 1.29 is 23.4 Å². The molecule has 2 heterocycles. The van der Waals surface area contributed by atoms with Crippen molar-refractivity contribution in [2.75, 3.05) is 32.0 Å². The fourth-order valence-corrected chi connectivity index (χ4v) is 2.94. The minimum absolute atomic E-state index is 0.338. The number of amides is 1. The van der Waals surface area contributed by atoms with Crippen molar-refractivity contribution in [3.8, 4) is 17.2 Å². The molecular formula is C17H18N4O5S. The molecule has 27 heavy (non-hydrogen) atoms. The maximum atomic E-state index is 12.5. The van der Waals surface area contributed by atoms with Crippen molar-refractivity contribution in [3.05, 3.63) is 41.9 Å². The summed E-state index contributed by atoms with van der Waals surface area (Å²) in [5, 5.41) is 14.6. The highest BCUT2D eigenvalue weighted by Crippen LogP contribution is 2.38. The van der Waals surface area contributed by atoms with E-state index in [2.05, 4.69) is 20.8 Å². The van der Waals surface area contributed by atoms with Crippen LogP contribution < -0.4 is 24.8 Å².